The van der Waals surface area contributed by atoms with Gasteiger partial charge < -0.3 is 19.3 Å². The summed E-state index contributed by atoms with van der Waals surface area (Å²) in [4.78, 5) is 4.39. The second kappa shape index (κ2) is 28.9. The minimum atomic E-state index is -0.885. The second-order valence-electron chi connectivity index (χ2n) is 29.0. The van der Waals surface area contributed by atoms with Gasteiger partial charge in [0, 0.05) is 40.5 Å². The van der Waals surface area contributed by atoms with Crippen molar-refractivity contribution in [2.24, 2.45) is 0 Å². The van der Waals surface area contributed by atoms with Gasteiger partial charge in [-0.1, -0.05) is 207 Å². The number of hydrogen-bond acceptors (Lipinski definition) is 4. The zero-order valence-corrected chi connectivity index (χ0v) is 61.6. The van der Waals surface area contributed by atoms with E-state index in [1.54, 1.807) is 12.1 Å². The van der Waals surface area contributed by atoms with Gasteiger partial charge in [-0.25, -0.2) is 17.6 Å². The Hall–Kier alpha value is -13.0. The molecule has 17 rings (SSSR count). The predicted molar refractivity (Wildman–Crippen MR) is 442 cm³/mol. The molecule has 0 amide bonds. The number of anilines is 6. The van der Waals surface area contributed by atoms with E-state index in [2.05, 4.69) is 221 Å². The quantitative estimate of drug-likeness (QED) is 0.0710. The maximum Gasteiger partial charge on any atom is 0.123 e. The number of allylic oxidation sites excluding steroid dienone is 4. The lowest BCUT2D eigenvalue weighted by Gasteiger charge is -2.38. The van der Waals surface area contributed by atoms with Crippen molar-refractivity contribution in [1.82, 2.24) is 0 Å². The summed E-state index contributed by atoms with van der Waals surface area (Å²) < 4.78 is 73.4. The molecule has 536 valence electrons. The van der Waals surface area contributed by atoms with Gasteiger partial charge in [0.15, 0.2) is 0 Å². The van der Waals surface area contributed by atoms with Gasteiger partial charge in [-0.3, -0.25) is 0 Å². The molecule has 14 aromatic carbocycles. The van der Waals surface area contributed by atoms with Crippen molar-refractivity contribution in [3.63, 3.8) is 0 Å². The van der Waals surface area contributed by atoms with Crippen molar-refractivity contribution >= 4 is 46.3 Å². The van der Waals surface area contributed by atoms with Gasteiger partial charge in [0.2, 0.25) is 0 Å². The molecule has 2 atom stereocenters. The Labute approximate surface area is 640 Å². The Bertz CT molecular complexity index is 5960. The van der Waals surface area contributed by atoms with Gasteiger partial charge in [0.05, 0.1) is 16.6 Å². The van der Waals surface area contributed by atoms with E-state index in [-0.39, 0.29) is 23.3 Å². The van der Waals surface area contributed by atoms with Gasteiger partial charge >= 0.3 is 0 Å². The highest BCUT2D eigenvalue weighted by molar-refractivity contribution is 5.93. The number of halogens is 4. The summed E-state index contributed by atoms with van der Waals surface area (Å²) >= 11 is 0. The number of fused-ring (bicyclic) bond motifs is 6. The third-order valence-corrected chi connectivity index (χ3v) is 22.5. The standard InChI is InChI=1S/C102H78F4N2O2/c1-7-69-17-21-71(22-18-69)63-109-87-49-29-75(30-50-87)101(73-25-33-77(103)34-26-73)97-15-11-9-13-91(97)93-55-47-85(61-99(93)101)107(81-41-37-79(105)38-42-81)83-45-53-89(65(3)57-83)95-59-68(6)96(60-67(95)5)90-54-46-84(58-66(90)4)108(82-43-39-80(106)40-44-82)86-48-56-94-92-14-10-12-16-98(92)102(100(94)62-86,74-27-35-78(104)36-28-74)76-31-51-88(52-32-76)110-64-72-23-19-70(8-2)20-24-72/h7-31,33-51,53-62H,1-2,32,52,63-64H2,3-6H3. The monoisotopic (exact) mass is 1440 g/mol. The Morgan fingerprint density at radius 3 is 1.10 bits per heavy atom. The first-order chi connectivity index (χ1) is 53.7. The summed E-state index contributed by atoms with van der Waals surface area (Å²) in [6.07, 6.45) is 9.35. The summed E-state index contributed by atoms with van der Waals surface area (Å²) in [6, 6.07) is 99.9. The fourth-order valence-electron chi connectivity index (χ4n) is 17.2. The fraction of sp³-hybridized carbons (Fsp3) is 0.0980. The van der Waals surface area contributed by atoms with Crippen LogP contribution in [0.25, 0.3) is 56.7 Å². The van der Waals surface area contributed by atoms with E-state index in [0.29, 0.717) is 26.1 Å². The van der Waals surface area contributed by atoms with E-state index in [0.717, 1.165) is 174 Å². The lowest BCUT2D eigenvalue weighted by Crippen LogP contribution is -2.31. The van der Waals surface area contributed by atoms with E-state index in [9.17, 15) is 0 Å². The highest BCUT2D eigenvalue weighted by atomic mass is 19.1. The molecule has 0 radical (unpaired) electrons. The van der Waals surface area contributed by atoms with Crippen LogP contribution in [-0.4, -0.2) is 0 Å². The normalized spacial score (nSPS) is 15.2. The maximum atomic E-state index is 15.2. The van der Waals surface area contributed by atoms with Crippen LogP contribution in [0.5, 0.6) is 5.75 Å². The molecule has 0 N–H and O–H groups in total. The molecule has 0 aromatic heterocycles. The van der Waals surface area contributed by atoms with Gasteiger partial charge in [-0.05, 0) is 302 Å². The van der Waals surface area contributed by atoms with Crippen LogP contribution in [0, 0.1) is 51.0 Å². The molecule has 2 unspecified atom stereocenters. The molecular formula is C102H78F4N2O2. The van der Waals surface area contributed by atoms with Crippen LogP contribution >= 0.6 is 0 Å². The minimum Gasteiger partial charge on any atom is -0.493 e. The largest absolute Gasteiger partial charge is 0.493 e. The minimum absolute atomic E-state index is 0.308. The molecular weight excluding hydrogens is 1360 g/mol. The number of nitrogens with zero attached hydrogens (tertiary/aromatic N) is 2. The van der Waals surface area contributed by atoms with Gasteiger partial charge in [-0.2, -0.15) is 0 Å². The summed E-state index contributed by atoms with van der Waals surface area (Å²) in [5, 5.41) is 0. The van der Waals surface area contributed by atoms with E-state index in [1.807, 2.05) is 109 Å². The third kappa shape index (κ3) is 12.5. The zero-order valence-electron chi connectivity index (χ0n) is 61.6. The summed E-state index contributed by atoms with van der Waals surface area (Å²) in [5.41, 5.74) is 28.9. The van der Waals surface area contributed by atoms with E-state index < -0.39 is 10.8 Å². The number of aryl methyl sites for hydroxylation is 4. The van der Waals surface area contributed by atoms with Crippen LogP contribution in [0.4, 0.5) is 51.7 Å². The lowest BCUT2D eigenvalue weighted by molar-refractivity contribution is 0.187. The molecule has 0 bridgehead atoms. The van der Waals surface area contributed by atoms with Crippen LogP contribution in [0.1, 0.15) is 96.3 Å². The molecule has 0 heterocycles. The first-order valence-electron chi connectivity index (χ1n) is 37.3. The first kappa shape index (κ1) is 70.0. The van der Waals surface area contributed by atoms with Gasteiger partial charge in [0.25, 0.3) is 0 Å². The highest BCUT2D eigenvalue weighted by Gasteiger charge is 2.49. The topological polar surface area (TPSA) is 24.9 Å². The molecule has 0 saturated carbocycles. The zero-order chi connectivity index (χ0) is 75.4. The highest BCUT2D eigenvalue weighted by Crippen LogP contribution is 2.61. The van der Waals surface area contributed by atoms with E-state index >= 15 is 17.6 Å². The molecule has 0 aliphatic heterocycles. The third-order valence-electron chi connectivity index (χ3n) is 22.5. The lowest BCUT2D eigenvalue weighted by atomic mass is 9.65. The Balaban J connectivity index is 0.707. The molecule has 3 aliphatic rings. The molecule has 3 aliphatic carbocycles. The number of ether oxygens (including phenoxy) is 2. The van der Waals surface area contributed by atoms with Crippen molar-refractivity contribution in [3.05, 3.63) is 447 Å². The molecule has 4 nitrogen and oxygen atoms in total. The summed E-state index contributed by atoms with van der Waals surface area (Å²) in [6.45, 7) is 17.3. The van der Waals surface area contributed by atoms with Crippen LogP contribution in [0.15, 0.2) is 340 Å². The van der Waals surface area contributed by atoms with Crippen molar-refractivity contribution in [1.29, 1.82) is 0 Å². The second-order valence-corrected chi connectivity index (χ2v) is 29.0. The SMILES string of the molecule is C=Cc1ccc(COC2=CC=C(C3(c4ccc(F)cc4)c4ccccc4-c4ccc(N(c5ccc(F)cc5)c5ccc(-c6cc(C)c(-c7ccc(N(c8ccc(F)cc8)c8ccc9c(c8)C(c8ccc(F)cc8)(c8ccc(OCc%10ccc(C=C)cc%10)cc8)c8ccccc8-9)cc7C)cc6C)c(C)c5)cc43)CC2)cc1. The molecule has 0 saturated heterocycles. The Morgan fingerprint density at radius 2 is 0.673 bits per heavy atom. The molecule has 14 aromatic rings. The van der Waals surface area contributed by atoms with Gasteiger partial charge in [0.1, 0.15) is 42.2 Å². The summed E-state index contributed by atoms with van der Waals surface area (Å²) in [7, 11) is 0. The molecule has 0 fully saturated rings. The van der Waals surface area contributed by atoms with E-state index in [4.69, 9.17) is 9.47 Å². The van der Waals surface area contributed by atoms with E-state index in [1.165, 1.54) is 42.0 Å². The summed E-state index contributed by atoms with van der Waals surface area (Å²) in [5.74, 6) is 0.315. The number of hydrogen-bond donors (Lipinski definition) is 0. The average Bonchev–Trinajstić information content (AvgIpc) is 1.53. The maximum absolute atomic E-state index is 15.2. The smallest absolute Gasteiger partial charge is 0.123 e. The average molecular weight is 1440 g/mol. The number of benzene rings is 14. The molecule has 110 heavy (non-hydrogen) atoms. The van der Waals surface area contributed by atoms with Crippen LogP contribution < -0.4 is 14.5 Å². The van der Waals surface area contributed by atoms with Crippen molar-refractivity contribution < 1.29 is 27.0 Å². The predicted octanol–water partition coefficient (Wildman–Crippen LogP) is 27.1. The molecule has 8 heteroatoms. The first-order valence-corrected chi connectivity index (χ1v) is 37.3. The van der Waals surface area contributed by atoms with Crippen molar-refractivity contribution in [2.45, 2.75) is 64.6 Å². The van der Waals surface area contributed by atoms with Crippen molar-refractivity contribution in [3.8, 4) is 50.3 Å². The van der Waals surface area contributed by atoms with Crippen LogP contribution in [0.2, 0.25) is 0 Å². The Kier molecular flexibility index (Phi) is 18.4. The molecule has 0 spiro atoms. The fourth-order valence-corrected chi connectivity index (χ4v) is 17.2. The van der Waals surface area contributed by atoms with Crippen LogP contribution in [0.3, 0.4) is 0 Å². The number of rotatable bonds is 20. The van der Waals surface area contributed by atoms with Gasteiger partial charge in [-0.15, -0.1) is 0 Å². The van der Waals surface area contributed by atoms with Crippen molar-refractivity contribution in [2.75, 3.05) is 9.80 Å². The van der Waals surface area contributed by atoms with Crippen LogP contribution in [-0.2, 0) is 28.8 Å². The Morgan fingerprint density at radius 1 is 0.318 bits per heavy atom.